The SMILES string of the molecule is COc1ccc2c(c1)C(c1ccc(Cl)cc1)=N[C@@H](CC(=O)NCCNC(=O)C1Cc3c(cccc3[Si](C)(C)O)N1C(=O)O)c1nnc(C)n1-2. The normalized spacial score (nSPS) is 16.5. The average Bonchev–Trinajstić information content (AvgIpc) is 3.62. The van der Waals surface area contributed by atoms with E-state index in [1.54, 1.807) is 50.5 Å². The molecule has 3 aromatic carbocycles. The number of nitrogens with one attached hydrogen (secondary N) is 2. The fourth-order valence-electron chi connectivity index (χ4n) is 6.42. The number of carbonyl (C=O) groups excluding carboxylic acids is 2. The van der Waals surface area contributed by atoms with Gasteiger partial charge in [-0.3, -0.25) is 24.0 Å². The first kappa shape index (κ1) is 33.8. The van der Waals surface area contributed by atoms with Crippen molar-refractivity contribution in [2.45, 2.75) is 44.9 Å². The summed E-state index contributed by atoms with van der Waals surface area (Å²) in [6.45, 7) is 5.51. The number of benzene rings is 3. The van der Waals surface area contributed by atoms with Gasteiger partial charge in [-0.15, -0.1) is 10.2 Å². The number of carbonyl (C=O) groups is 3. The number of fused-ring (bicyclic) bond motifs is 4. The third-order valence-corrected chi connectivity index (χ3v) is 10.7. The number of methoxy groups -OCH3 is 1. The van der Waals surface area contributed by atoms with Crippen LogP contribution in [0.2, 0.25) is 18.1 Å². The number of rotatable bonds is 9. The van der Waals surface area contributed by atoms with E-state index in [4.69, 9.17) is 21.3 Å². The molecule has 2 atom stereocenters. The lowest BCUT2D eigenvalue weighted by Gasteiger charge is -2.22. The molecule has 3 amide bonds. The molecule has 254 valence electrons. The van der Waals surface area contributed by atoms with Crippen LogP contribution in [0.4, 0.5) is 10.5 Å². The maximum atomic E-state index is 13.3. The molecule has 49 heavy (non-hydrogen) atoms. The van der Waals surface area contributed by atoms with E-state index >= 15 is 0 Å². The second kappa shape index (κ2) is 13.5. The van der Waals surface area contributed by atoms with E-state index in [2.05, 4.69) is 20.8 Å². The number of aromatic nitrogens is 3. The van der Waals surface area contributed by atoms with Gasteiger partial charge in [0.2, 0.25) is 20.1 Å². The summed E-state index contributed by atoms with van der Waals surface area (Å²) in [5, 5.41) is 25.5. The lowest BCUT2D eigenvalue weighted by atomic mass is 10.00. The van der Waals surface area contributed by atoms with Crippen LogP contribution in [0.1, 0.15) is 40.8 Å². The minimum atomic E-state index is -2.78. The van der Waals surface area contributed by atoms with Crippen molar-refractivity contribution in [3.63, 3.8) is 0 Å². The summed E-state index contributed by atoms with van der Waals surface area (Å²) in [4.78, 5) is 55.6. The molecule has 0 saturated heterocycles. The molecule has 4 aromatic rings. The van der Waals surface area contributed by atoms with Gasteiger partial charge in [-0.2, -0.15) is 0 Å². The fourth-order valence-corrected chi connectivity index (χ4v) is 8.02. The number of ether oxygens (including phenoxy) is 1. The van der Waals surface area contributed by atoms with E-state index in [0.29, 0.717) is 44.6 Å². The molecule has 13 nitrogen and oxygen atoms in total. The fraction of sp³-hybridized carbons (Fsp3) is 0.294. The molecule has 0 saturated carbocycles. The number of nitrogens with zero attached hydrogens (tertiary/aromatic N) is 5. The van der Waals surface area contributed by atoms with Crippen LogP contribution in [0.5, 0.6) is 5.75 Å². The highest BCUT2D eigenvalue weighted by molar-refractivity contribution is 6.83. The van der Waals surface area contributed by atoms with Crippen molar-refractivity contribution >= 4 is 54.4 Å². The van der Waals surface area contributed by atoms with Crippen LogP contribution in [0.15, 0.2) is 65.7 Å². The Labute approximate surface area is 288 Å². The maximum Gasteiger partial charge on any atom is 0.412 e. The summed E-state index contributed by atoms with van der Waals surface area (Å²) < 4.78 is 7.41. The molecular weight excluding hydrogens is 666 g/mol. The van der Waals surface area contributed by atoms with E-state index in [1.807, 2.05) is 41.8 Å². The first-order chi connectivity index (χ1) is 23.4. The zero-order chi connectivity index (χ0) is 35.0. The summed E-state index contributed by atoms with van der Waals surface area (Å²) in [7, 11) is -1.19. The summed E-state index contributed by atoms with van der Waals surface area (Å²) in [5.41, 5.74) is 4.07. The largest absolute Gasteiger partial charge is 0.497 e. The predicted octanol–water partition coefficient (Wildman–Crippen LogP) is 3.27. The predicted molar refractivity (Wildman–Crippen MR) is 187 cm³/mol. The van der Waals surface area contributed by atoms with Gasteiger partial charge in [-0.25, -0.2) is 4.79 Å². The van der Waals surface area contributed by atoms with E-state index in [0.717, 1.165) is 21.7 Å². The van der Waals surface area contributed by atoms with Crippen molar-refractivity contribution < 1.29 is 29.0 Å². The summed E-state index contributed by atoms with van der Waals surface area (Å²) in [6, 6.07) is 16.4. The molecule has 2 aliphatic heterocycles. The average molecular weight is 702 g/mol. The van der Waals surface area contributed by atoms with Gasteiger partial charge in [0, 0.05) is 35.7 Å². The molecule has 0 bridgehead atoms. The first-order valence-electron chi connectivity index (χ1n) is 15.7. The first-order valence-corrected chi connectivity index (χ1v) is 19.1. The second-order valence-electron chi connectivity index (χ2n) is 12.4. The van der Waals surface area contributed by atoms with Crippen LogP contribution in [0.3, 0.4) is 0 Å². The van der Waals surface area contributed by atoms with Crippen LogP contribution in [-0.2, 0) is 16.0 Å². The molecule has 0 radical (unpaired) electrons. The van der Waals surface area contributed by atoms with Gasteiger partial charge >= 0.3 is 6.09 Å². The Morgan fingerprint density at radius 3 is 2.45 bits per heavy atom. The molecule has 0 spiro atoms. The second-order valence-corrected chi connectivity index (χ2v) is 16.5. The topological polar surface area (TPSA) is 171 Å². The Hall–Kier alpha value is -5.05. The van der Waals surface area contributed by atoms with E-state index < -0.39 is 32.4 Å². The number of anilines is 1. The van der Waals surface area contributed by atoms with Crippen LogP contribution < -0.4 is 25.5 Å². The van der Waals surface area contributed by atoms with Crippen molar-refractivity contribution in [2.24, 2.45) is 4.99 Å². The highest BCUT2D eigenvalue weighted by Crippen LogP contribution is 2.35. The van der Waals surface area contributed by atoms with Crippen LogP contribution in [-0.4, -0.2) is 82.8 Å². The van der Waals surface area contributed by atoms with Crippen molar-refractivity contribution in [3.8, 4) is 11.4 Å². The highest BCUT2D eigenvalue weighted by atomic mass is 35.5. The molecule has 4 N–H and O–H groups in total. The van der Waals surface area contributed by atoms with E-state index in [-0.39, 0.29) is 31.8 Å². The molecular formula is C34H36ClN7O6Si. The highest BCUT2D eigenvalue weighted by Gasteiger charge is 2.41. The lowest BCUT2D eigenvalue weighted by molar-refractivity contribution is -0.123. The van der Waals surface area contributed by atoms with Gasteiger partial charge in [0.05, 0.1) is 30.6 Å². The van der Waals surface area contributed by atoms with Gasteiger partial charge < -0.3 is 25.3 Å². The standard InChI is InChI=1S/C34H36ClN7O6Si/c1-19-39-40-32-25(38-31(20-8-10-21(35)11-9-20)24-16-22(48-2)12-13-27(24)41(19)32)18-30(43)36-14-15-37-33(44)28-17-23-26(42(28)34(45)46)6-5-7-29(23)49(3,4)47/h5-13,16,25,28,47H,14-15,17-18H2,1-4H3,(H,36,43)(H,37,44)(H,45,46)/t25-,28?/m0/s1. The lowest BCUT2D eigenvalue weighted by Crippen LogP contribution is -2.49. The number of amides is 3. The smallest absolute Gasteiger partial charge is 0.412 e. The number of halogens is 1. The minimum absolute atomic E-state index is 0.0529. The zero-order valence-corrected chi connectivity index (χ0v) is 29.2. The molecule has 0 aliphatic carbocycles. The Kier molecular flexibility index (Phi) is 9.29. The summed E-state index contributed by atoms with van der Waals surface area (Å²) in [5.74, 6) is 0.949. The maximum absolute atomic E-state index is 13.3. The van der Waals surface area contributed by atoms with Gasteiger partial charge in [0.15, 0.2) is 5.82 Å². The molecule has 3 heterocycles. The molecule has 6 rings (SSSR count). The number of aliphatic imine (C=N–C) groups is 1. The monoisotopic (exact) mass is 701 g/mol. The Morgan fingerprint density at radius 2 is 1.76 bits per heavy atom. The molecule has 15 heteroatoms. The number of hydrogen-bond donors (Lipinski definition) is 4. The van der Waals surface area contributed by atoms with Crippen LogP contribution in [0, 0.1) is 6.92 Å². The third kappa shape index (κ3) is 6.66. The minimum Gasteiger partial charge on any atom is -0.497 e. The molecule has 1 aromatic heterocycles. The quantitative estimate of drug-likeness (QED) is 0.152. The Morgan fingerprint density at radius 1 is 1.02 bits per heavy atom. The Bertz CT molecular complexity index is 1970. The van der Waals surface area contributed by atoms with Crippen molar-refractivity contribution in [1.82, 2.24) is 25.4 Å². The van der Waals surface area contributed by atoms with Crippen molar-refractivity contribution in [3.05, 3.63) is 94.0 Å². The van der Waals surface area contributed by atoms with E-state index in [9.17, 15) is 24.3 Å². The summed E-state index contributed by atoms with van der Waals surface area (Å²) >= 11 is 6.19. The number of aryl methyl sites for hydroxylation is 1. The Balaban J connectivity index is 1.17. The molecule has 1 unspecified atom stereocenters. The zero-order valence-electron chi connectivity index (χ0n) is 27.4. The van der Waals surface area contributed by atoms with Gasteiger partial charge in [0.1, 0.15) is 23.7 Å². The van der Waals surface area contributed by atoms with Gasteiger partial charge in [-0.05, 0) is 67.2 Å². The number of hydrogen-bond acceptors (Lipinski definition) is 8. The summed E-state index contributed by atoms with van der Waals surface area (Å²) in [6.07, 6.45) is -1.16. The molecule has 0 fully saturated rings. The van der Waals surface area contributed by atoms with Crippen molar-refractivity contribution in [1.29, 1.82) is 0 Å². The van der Waals surface area contributed by atoms with Crippen molar-refractivity contribution in [2.75, 3.05) is 25.1 Å². The van der Waals surface area contributed by atoms with Gasteiger partial charge in [-0.1, -0.05) is 35.9 Å². The van der Waals surface area contributed by atoms with E-state index in [1.165, 1.54) is 0 Å². The molecule has 2 aliphatic rings. The van der Waals surface area contributed by atoms with Crippen LogP contribution >= 0.6 is 11.6 Å². The van der Waals surface area contributed by atoms with Crippen LogP contribution in [0.25, 0.3) is 5.69 Å². The van der Waals surface area contributed by atoms with Gasteiger partial charge in [0.25, 0.3) is 0 Å². The third-order valence-electron chi connectivity index (χ3n) is 8.66. The number of carboxylic acid groups (broad SMARTS) is 1.